The van der Waals surface area contributed by atoms with E-state index in [1.165, 1.54) is 18.4 Å². The molecule has 22 heavy (non-hydrogen) atoms. The summed E-state index contributed by atoms with van der Waals surface area (Å²) in [7, 11) is 4.12. The molecule has 2 unspecified atom stereocenters. The van der Waals surface area contributed by atoms with Crippen LogP contribution in [-0.4, -0.2) is 42.6 Å². The zero-order valence-electron chi connectivity index (χ0n) is 13.8. The number of carbonyl (C=O) groups is 1. The average Bonchev–Trinajstić information content (AvgIpc) is 2.93. The van der Waals surface area contributed by atoms with E-state index >= 15 is 0 Å². The van der Waals surface area contributed by atoms with Crippen molar-refractivity contribution < 1.29 is 4.79 Å². The maximum absolute atomic E-state index is 12.0. The highest BCUT2D eigenvalue weighted by Crippen LogP contribution is 2.28. The lowest BCUT2D eigenvalue weighted by atomic mass is 10.1. The van der Waals surface area contributed by atoms with Crippen molar-refractivity contribution in [3.8, 4) is 0 Å². The molecule has 0 aromatic heterocycles. The maximum atomic E-state index is 12.0. The third kappa shape index (κ3) is 5.21. The van der Waals surface area contributed by atoms with Gasteiger partial charge in [0.1, 0.15) is 0 Å². The number of urea groups is 1. The zero-order valence-corrected chi connectivity index (χ0v) is 14.6. The van der Waals surface area contributed by atoms with Crippen molar-refractivity contribution in [2.45, 2.75) is 43.6 Å². The number of nitrogens with zero attached hydrogens (tertiary/aromatic N) is 1. The molecular weight excluding hydrogens is 294 g/mol. The van der Waals surface area contributed by atoms with Gasteiger partial charge < -0.3 is 15.5 Å². The molecule has 0 heterocycles. The van der Waals surface area contributed by atoms with Crippen LogP contribution in [0.2, 0.25) is 0 Å². The van der Waals surface area contributed by atoms with Gasteiger partial charge in [0.25, 0.3) is 0 Å². The number of rotatable bonds is 6. The molecule has 1 aromatic rings. The molecule has 1 aliphatic carbocycles. The Balaban J connectivity index is 1.76. The molecule has 1 aromatic carbocycles. The Bertz CT molecular complexity index is 475. The monoisotopic (exact) mass is 321 g/mol. The summed E-state index contributed by atoms with van der Waals surface area (Å²) in [5, 5.41) is 6.64. The molecule has 5 heteroatoms. The van der Waals surface area contributed by atoms with E-state index in [2.05, 4.69) is 60.2 Å². The lowest BCUT2D eigenvalue weighted by Crippen LogP contribution is -2.44. The van der Waals surface area contributed by atoms with Gasteiger partial charge in [-0.05, 0) is 44.3 Å². The van der Waals surface area contributed by atoms with Crippen LogP contribution in [0.1, 0.15) is 30.4 Å². The van der Waals surface area contributed by atoms with Gasteiger partial charge in [0.05, 0.1) is 0 Å². The molecule has 4 nitrogen and oxygen atoms in total. The molecule has 0 spiro atoms. The first kappa shape index (κ1) is 17.2. The van der Waals surface area contributed by atoms with Gasteiger partial charge in [0, 0.05) is 24.4 Å². The molecular formula is C17H27N3OS. The third-order valence-corrected chi connectivity index (χ3v) is 5.22. The highest BCUT2D eigenvalue weighted by molar-refractivity contribution is 7.99. The predicted molar refractivity (Wildman–Crippen MR) is 94.1 cm³/mol. The Labute approximate surface area is 138 Å². The van der Waals surface area contributed by atoms with Gasteiger partial charge in [0.15, 0.2) is 0 Å². The Morgan fingerprint density at radius 3 is 2.55 bits per heavy atom. The summed E-state index contributed by atoms with van der Waals surface area (Å²) in [5.74, 6) is 0. The number of carbonyl (C=O) groups excluding carboxylic acids is 1. The largest absolute Gasteiger partial charge is 0.334 e. The molecule has 1 aliphatic rings. The van der Waals surface area contributed by atoms with Crippen LogP contribution in [0.5, 0.6) is 0 Å². The molecule has 2 N–H and O–H groups in total. The van der Waals surface area contributed by atoms with E-state index in [0.717, 1.165) is 18.5 Å². The number of hydrogen-bond donors (Lipinski definition) is 2. The van der Waals surface area contributed by atoms with E-state index in [0.29, 0.717) is 17.8 Å². The number of thioether (sulfide) groups is 1. The van der Waals surface area contributed by atoms with E-state index in [9.17, 15) is 4.79 Å². The molecule has 0 bridgehead atoms. The first-order chi connectivity index (χ1) is 10.6. The minimum atomic E-state index is -0.0525. The summed E-state index contributed by atoms with van der Waals surface area (Å²) in [5.41, 5.74) is 2.41. The molecule has 0 aliphatic heterocycles. The number of nitrogens with one attached hydrogen (secondary N) is 2. The Morgan fingerprint density at radius 2 is 1.91 bits per heavy atom. The van der Waals surface area contributed by atoms with Gasteiger partial charge in [-0.2, -0.15) is 11.8 Å². The fourth-order valence-electron chi connectivity index (χ4n) is 2.90. The molecule has 1 saturated carbocycles. The molecule has 1 fully saturated rings. The van der Waals surface area contributed by atoms with Crippen LogP contribution in [0.3, 0.4) is 0 Å². The quantitative estimate of drug-likeness (QED) is 0.847. The molecule has 2 amide bonds. The number of benzene rings is 1. The smallest absolute Gasteiger partial charge is 0.315 e. The van der Waals surface area contributed by atoms with Crippen molar-refractivity contribution in [2.24, 2.45) is 0 Å². The second kappa shape index (κ2) is 8.44. The van der Waals surface area contributed by atoms with Crippen molar-refractivity contribution in [3.05, 3.63) is 35.4 Å². The Kier molecular flexibility index (Phi) is 6.58. The normalized spacial score (nSPS) is 21.1. The van der Waals surface area contributed by atoms with Gasteiger partial charge in [-0.3, -0.25) is 0 Å². The van der Waals surface area contributed by atoms with E-state index in [1.54, 1.807) is 0 Å². The van der Waals surface area contributed by atoms with Crippen molar-refractivity contribution in [2.75, 3.05) is 20.4 Å². The van der Waals surface area contributed by atoms with Gasteiger partial charge in [0.2, 0.25) is 0 Å². The van der Waals surface area contributed by atoms with Crippen LogP contribution in [-0.2, 0) is 13.1 Å². The van der Waals surface area contributed by atoms with E-state index < -0.39 is 0 Å². The van der Waals surface area contributed by atoms with Crippen molar-refractivity contribution in [3.63, 3.8) is 0 Å². The first-order valence-electron chi connectivity index (χ1n) is 7.88. The summed E-state index contributed by atoms with van der Waals surface area (Å²) < 4.78 is 0. The van der Waals surface area contributed by atoms with Crippen molar-refractivity contribution in [1.29, 1.82) is 0 Å². The summed E-state index contributed by atoms with van der Waals surface area (Å²) in [4.78, 5) is 14.2. The van der Waals surface area contributed by atoms with Gasteiger partial charge in [-0.1, -0.05) is 30.7 Å². The minimum absolute atomic E-state index is 0.0525. The summed E-state index contributed by atoms with van der Waals surface area (Å²) >= 11 is 1.86. The lowest BCUT2D eigenvalue weighted by Gasteiger charge is -2.19. The second-order valence-electron chi connectivity index (χ2n) is 6.19. The second-order valence-corrected chi connectivity index (χ2v) is 7.27. The molecule has 2 rings (SSSR count). The minimum Gasteiger partial charge on any atom is -0.334 e. The van der Waals surface area contributed by atoms with E-state index in [-0.39, 0.29) is 6.03 Å². The fraction of sp³-hybridized carbons (Fsp3) is 0.588. The summed E-state index contributed by atoms with van der Waals surface area (Å²) in [6, 6.07) is 8.67. The van der Waals surface area contributed by atoms with Gasteiger partial charge in [-0.25, -0.2) is 4.79 Å². The van der Waals surface area contributed by atoms with Crippen LogP contribution in [0.15, 0.2) is 24.3 Å². The summed E-state index contributed by atoms with van der Waals surface area (Å²) in [6.45, 7) is 1.51. The first-order valence-corrected chi connectivity index (χ1v) is 9.17. The van der Waals surface area contributed by atoms with Crippen molar-refractivity contribution >= 4 is 17.8 Å². The SMILES string of the molecule is CSC1CCCC1NC(=O)NCc1ccc(CN(C)C)cc1. The molecule has 2 atom stereocenters. The van der Waals surface area contributed by atoms with Crippen LogP contribution >= 0.6 is 11.8 Å². The lowest BCUT2D eigenvalue weighted by molar-refractivity contribution is 0.237. The van der Waals surface area contributed by atoms with E-state index in [1.807, 2.05) is 11.8 Å². The predicted octanol–water partition coefficient (Wildman–Crippen LogP) is 2.83. The highest BCUT2D eigenvalue weighted by Gasteiger charge is 2.27. The number of amides is 2. The topological polar surface area (TPSA) is 44.4 Å². The fourth-order valence-corrected chi connectivity index (χ4v) is 3.84. The maximum Gasteiger partial charge on any atom is 0.315 e. The van der Waals surface area contributed by atoms with Gasteiger partial charge in [-0.15, -0.1) is 0 Å². The van der Waals surface area contributed by atoms with Gasteiger partial charge >= 0.3 is 6.03 Å². The Hall–Kier alpha value is -1.20. The highest BCUT2D eigenvalue weighted by atomic mass is 32.2. The van der Waals surface area contributed by atoms with Crippen LogP contribution in [0.25, 0.3) is 0 Å². The van der Waals surface area contributed by atoms with E-state index in [4.69, 9.17) is 0 Å². The van der Waals surface area contributed by atoms with Crippen LogP contribution in [0, 0.1) is 0 Å². The van der Waals surface area contributed by atoms with Crippen molar-refractivity contribution in [1.82, 2.24) is 15.5 Å². The standard InChI is InChI=1S/C17H27N3OS/c1-20(2)12-14-9-7-13(8-10-14)11-18-17(21)19-15-5-4-6-16(15)22-3/h7-10,15-16H,4-6,11-12H2,1-3H3,(H2,18,19,21). The van der Waals surface area contributed by atoms with Crippen LogP contribution in [0.4, 0.5) is 4.79 Å². The Morgan fingerprint density at radius 1 is 1.23 bits per heavy atom. The average molecular weight is 321 g/mol. The third-order valence-electron chi connectivity index (χ3n) is 4.05. The van der Waals surface area contributed by atoms with Crippen LogP contribution < -0.4 is 10.6 Å². The zero-order chi connectivity index (χ0) is 15.9. The summed E-state index contributed by atoms with van der Waals surface area (Å²) in [6.07, 6.45) is 5.64. The molecule has 122 valence electrons. The molecule has 0 radical (unpaired) electrons. The molecule has 0 saturated heterocycles. The number of hydrogen-bond acceptors (Lipinski definition) is 3.